The average Bonchev–Trinajstić information content (AvgIpc) is 3.14. The molecule has 1 aromatic rings. The number of alkyl halides is 3. The van der Waals surface area contributed by atoms with Gasteiger partial charge in [-0.15, -0.1) is 0 Å². The molecule has 2 saturated heterocycles. The van der Waals surface area contributed by atoms with Crippen LogP contribution >= 0.6 is 11.6 Å². The van der Waals surface area contributed by atoms with Crippen molar-refractivity contribution in [2.75, 3.05) is 47.0 Å². The lowest BCUT2D eigenvalue weighted by Gasteiger charge is -2.42. The zero-order valence-electron chi connectivity index (χ0n) is 19.4. The molecule has 2 fully saturated rings. The second kappa shape index (κ2) is 12.7. The monoisotopic (exact) mass is 508 g/mol. The third-order valence-electron chi connectivity index (χ3n) is 6.17. The van der Waals surface area contributed by atoms with E-state index in [4.69, 9.17) is 31.0 Å². The highest BCUT2D eigenvalue weighted by molar-refractivity contribution is 6.30. The number of benzene rings is 1. The van der Waals surface area contributed by atoms with Gasteiger partial charge >= 0.3 is 12.1 Å². The minimum Gasteiger partial charge on any atom is -0.475 e. The number of halogens is 4. The van der Waals surface area contributed by atoms with Crippen molar-refractivity contribution in [1.82, 2.24) is 9.80 Å². The van der Waals surface area contributed by atoms with Gasteiger partial charge in [-0.2, -0.15) is 13.2 Å². The zero-order valence-corrected chi connectivity index (χ0v) is 20.2. The Hall–Kier alpha value is -1.88. The van der Waals surface area contributed by atoms with E-state index in [1.54, 1.807) is 19.0 Å². The number of aliphatic carboxylic acids is 1. The quantitative estimate of drug-likeness (QED) is 0.564. The molecule has 11 heteroatoms. The number of carboxylic acid groups (broad SMARTS) is 1. The van der Waals surface area contributed by atoms with Crippen molar-refractivity contribution in [2.24, 2.45) is 5.92 Å². The first kappa shape index (κ1) is 28.4. The van der Waals surface area contributed by atoms with E-state index < -0.39 is 12.1 Å². The first-order valence-electron chi connectivity index (χ1n) is 11.1. The summed E-state index contributed by atoms with van der Waals surface area (Å²) in [5.41, 5.74) is 1.26. The van der Waals surface area contributed by atoms with Gasteiger partial charge in [-0.3, -0.25) is 9.69 Å². The molecule has 0 saturated carbocycles. The van der Waals surface area contributed by atoms with Crippen LogP contribution in [-0.4, -0.2) is 85.6 Å². The molecule has 2 aliphatic rings. The number of nitrogens with zero attached hydrogens (tertiary/aromatic N) is 2. The minimum absolute atomic E-state index is 0.000248. The predicted octanol–water partition coefficient (Wildman–Crippen LogP) is 3.84. The number of likely N-dealkylation sites (N-methyl/N-ethyl adjacent to an activating group) is 1. The number of carboxylic acids is 1. The van der Waals surface area contributed by atoms with Crippen LogP contribution in [0.2, 0.25) is 5.02 Å². The van der Waals surface area contributed by atoms with Gasteiger partial charge < -0.3 is 19.5 Å². The number of carbonyl (C=O) groups excluding carboxylic acids is 1. The molecule has 1 unspecified atom stereocenters. The van der Waals surface area contributed by atoms with Crippen LogP contribution in [0.4, 0.5) is 13.2 Å². The SMILES string of the molecule is CN(C)C(=O)COCCC1CCOC12CCN(Cc1cccc(Cl)c1)CC2.O=C(O)C(F)(F)F. The summed E-state index contributed by atoms with van der Waals surface area (Å²) < 4.78 is 43.6. The number of hydrogen-bond donors (Lipinski definition) is 1. The number of amides is 1. The number of piperidine rings is 1. The third-order valence-corrected chi connectivity index (χ3v) is 6.41. The van der Waals surface area contributed by atoms with Crippen LogP contribution in [0, 0.1) is 5.92 Å². The number of hydrogen-bond acceptors (Lipinski definition) is 5. The number of likely N-dealkylation sites (tertiary alicyclic amines) is 1. The van der Waals surface area contributed by atoms with Crippen molar-refractivity contribution < 1.29 is 37.3 Å². The van der Waals surface area contributed by atoms with Gasteiger partial charge in [-0.1, -0.05) is 23.7 Å². The van der Waals surface area contributed by atoms with Crippen LogP contribution in [0.1, 0.15) is 31.2 Å². The summed E-state index contributed by atoms with van der Waals surface area (Å²) in [6.07, 6.45) is -0.891. The fourth-order valence-electron chi connectivity index (χ4n) is 4.24. The van der Waals surface area contributed by atoms with E-state index in [0.717, 1.165) is 56.9 Å². The lowest BCUT2D eigenvalue weighted by molar-refractivity contribution is -0.192. The van der Waals surface area contributed by atoms with Crippen LogP contribution < -0.4 is 0 Å². The molecule has 34 heavy (non-hydrogen) atoms. The van der Waals surface area contributed by atoms with Gasteiger partial charge in [0.1, 0.15) is 6.61 Å². The fraction of sp³-hybridized carbons (Fsp3) is 0.652. The molecule has 0 bridgehead atoms. The highest BCUT2D eigenvalue weighted by Crippen LogP contribution is 2.42. The smallest absolute Gasteiger partial charge is 0.475 e. The van der Waals surface area contributed by atoms with Crippen molar-refractivity contribution in [3.05, 3.63) is 34.9 Å². The molecule has 3 rings (SSSR count). The van der Waals surface area contributed by atoms with E-state index in [0.29, 0.717) is 12.5 Å². The first-order chi connectivity index (χ1) is 15.9. The summed E-state index contributed by atoms with van der Waals surface area (Å²) in [5.74, 6) is -2.21. The lowest BCUT2D eigenvalue weighted by Crippen LogP contribution is -2.47. The molecule has 2 heterocycles. The van der Waals surface area contributed by atoms with Crippen LogP contribution in [0.15, 0.2) is 24.3 Å². The number of ether oxygens (including phenoxy) is 2. The summed E-state index contributed by atoms with van der Waals surface area (Å²) in [7, 11) is 3.51. The highest BCUT2D eigenvalue weighted by Gasteiger charge is 2.45. The Bertz CT molecular complexity index is 814. The molecule has 1 N–H and O–H groups in total. The summed E-state index contributed by atoms with van der Waals surface area (Å²) in [4.78, 5) is 24.6. The Kier molecular flexibility index (Phi) is 10.6. The molecule has 0 aliphatic carbocycles. The van der Waals surface area contributed by atoms with Gasteiger partial charge in [-0.05, 0) is 49.3 Å². The summed E-state index contributed by atoms with van der Waals surface area (Å²) in [5, 5.41) is 7.92. The Morgan fingerprint density at radius 2 is 1.94 bits per heavy atom. The maximum Gasteiger partial charge on any atom is 0.490 e. The van der Waals surface area contributed by atoms with Crippen molar-refractivity contribution in [2.45, 2.75) is 44.0 Å². The maximum atomic E-state index is 11.6. The van der Waals surface area contributed by atoms with E-state index in [1.165, 1.54) is 5.56 Å². The summed E-state index contributed by atoms with van der Waals surface area (Å²) in [6.45, 7) is 4.67. The van der Waals surface area contributed by atoms with Gasteiger partial charge in [0.15, 0.2) is 0 Å². The normalized spacial score (nSPS) is 20.0. The molecule has 1 aromatic carbocycles. The highest BCUT2D eigenvalue weighted by atomic mass is 35.5. The summed E-state index contributed by atoms with van der Waals surface area (Å²) >= 11 is 6.10. The van der Waals surface area contributed by atoms with Crippen molar-refractivity contribution in [3.8, 4) is 0 Å². The number of carbonyl (C=O) groups is 2. The second-order valence-electron chi connectivity index (χ2n) is 8.74. The van der Waals surface area contributed by atoms with E-state index in [2.05, 4.69) is 11.0 Å². The molecule has 2 aliphatic heterocycles. The zero-order chi connectivity index (χ0) is 25.4. The molecule has 1 amide bonds. The van der Waals surface area contributed by atoms with Crippen LogP contribution in [0.5, 0.6) is 0 Å². The van der Waals surface area contributed by atoms with Gasteiger partial charge in [-0.25, -0.2) is 4.79 Å². The van der Waals surface area contributed by atoms with Crippen molar-refractivity contribution >= 4 is 23.5 Å². The molecule has 0 radical (unpaired) electrons. The Morgan fingerprint density at radius 3 is 2.50 bits per heavy atom. The van der Waals surface area contributed by atoms with Crippen molar-refractivity contribution in [1.29, 1.82) is 0 Å². The van der Waals surface area contributed by atoms with Gasteiger partial charge in [0.05, 0.1) is 5.60 Å². The third kappa shape index (κ3) is 8.72. The van der Waals surface area contributed by atoms with Crippen LogP contribution in [0.3, 0.4) is 0 Å². The van der Waals surface area contributed by atoms with Crippen LogP contribution in [0.25, 0.3) is 0 Å². The van der Waals surface area contributed by atoms with Crippen LogP contribution in [-0.2, 0) is 25.6 Å². The predicted molar refractivity (Wildman–Crippen MR) is 121 cm³/mol. The van der Waals surface area contributed by atoms with Crippen molar-refractivity contribution in [3.63, 3.8) is 0 Å². The largest absolute Gasteiger partial charge is 0.490 e. The Morgan fingerprint density at radius 1 is 1.29 bits per heavy atom. The van der Waals surface area contributed by atoms with Gasteiger partial charge in [0.2, 0.25) is 5.91 Å². The summed E-state index contributed by atoms with van der Waals surface area (Å²) in [6, 6.07) is 8.12. The molecule has 1 spiro atoms. The van der Waals surface area contributed by atoms with E-state index in [9.17, 15) is 18.0 Å². The Labute approximate surface area is 202 Å². The van der Waals surface area contributed by atoms with E-state index in [1.807, 2.05) is 18.2 Å². The second-order valence-corrected chi connectivity index (χ2v) is 9.17. The molecule has 192 valence electrons. The molecular weight excluding hydrogens is 477 g/mol. The fourth-order valence-corrected chi connectivity index (χ4v) is 4.46. The standard InChI is InChI=1S/C21H31ClN2O3.C2HF3O2/c1-23(2)20(25)16-26-12-6-18-7-13-27-21(18)8-10-24(11-9-21)15-17-4-3-5-19(22)14-17;3-2(4,5)1(6)7/h3-5,14,18H,6-13,15-16H2,1-2H3;(H,6,7). The first-order valence-corrected chi connectivity index (χ1v) is 11.5. The lowest BCUT2D eigenvalue weighted by atomic mass is 9.78. The van der Waals surface area contributed by atoms with Gasteiger partial charge in [0.25, 0.3) is 0 Å². The van der Waals surface area contributed by atoms with E-state index >= 15 is 0 Å². The molecular formula is C23H32ClF3N2O5. The molecule has 7 nitrogen and oxygen atoms in total. The number of rotatable bonds is 7. The van der Waals surface area contributed by atoms with E-state index in [-0.39, 0.29) is 18.1 Å². The average molecular weight is 509 g/mol. The topological polar surface area (TPSA) is 79.3 Å². The maximum absolute atomic E-state index is 11.6. The minimum atomic E-state index is -5.08. The Balaban J connectivity index is 0.000000509. The van der Waals surface area contributed by atoms with Gasteiger partial charge in [0, 0.05) is 52.0 Å². The molecule has 0 aromatic heterocycles. The molecule has 1 atom stereocenters.